The Hall–Kier alpha value is -0.870. The lowest BCUT2D eigenvalue weighted by Gasteiger charge is -2.25. The first-order chi connectivity index (χ1) is 6.93. The van der Waals surface area contributed by atoms with Crippen LogP contribution >= 0.6 is 0 Å². The molecule has 0 aromatic carbocycles. The van der Waals surface area contributed by atoms with Gasteiger partial charge in [-0.05, 0) is 20.8 Å². The third kappa shape index (κ3) is 6.25. The molecular formula is C11H21NO3. The molecule has 1 N–H and O–H groups in total. The lowest BCUT2D eigenvalue weighted by Crippen LogP contribution is -2.44. The average molecular weight is 215 g/mol. The Bertz CT molecular complexity index is 224. The van der Waals surface area contributed by atoms with E-state index in [2.05, 4.69) is 11.9 Å². The van der Waals surface area contributed by atoms with Crippen LogP contribution in [0.2, 0.25) is 0 Å². The number of hydrogen-bond donors (Lipinski definition) is 1. The van der Waals surface area contributed by atoms with Gasteiger partial charge in [-0.15, -0.1) is 0 Å². The maximum absolute atomic E-state index is 11.2. The molecule has 0 radical (unpaired) electrons. The Labute approximate surface area is 91.6 Å². The molecule has 0 aromatic rings. The highest BCUT2D eigenvalue weighted by molar-refractivity contribution is 5.88. The van der Waals surface area contributed by atoms with E-state index in [1.807, 2.05) is 13.8 Å². The van der Waals surface area contributed by atoms with Gasteiger partial charge in [-0.25, -0.2) is 4.79 Å². The number of hydrogen-bond acceptors (Lipinski definition) is 4. The molecule has 0 bridgehead atoms. The maximum atomic E-state index is 11.2. The van der Waals surface area contributed by atoms with E-state index in [4.69, 9.17) is 9.47 Å². The van der Waals surface area contributed by atoms with Crippen molar-refractivity contribution in [1.29, 1.82) is 0 Å². The first-order valence-corrected chi connectivity index (χ1v) is 5.02. The van der Waals surface area contributed by atoms with Crippen molar-refractivity contribution in [3.63, 3.8) is 0 Å². The second kappa shape index (κ2) is 6.58. The van der Waals surface area contributed by atoms with Crippen molar-refractivity contribution < 1.29 is 14.3 Å². The topological polar surface area (TPSA) is 47.6 Å². The molecule has 0 aromatic heterocycles. The number of nitrogens with one attached hydrogen (secondary N) is 1. The summed E-state index contributed by atoms with van der Waals surface area (Å²) in [4.78, 5) is 11.2. The summed E-state index contributed by atoms with van der Waals surface area (Å²) in [5.41, 5.74) is 0.255. The second-order valence-electron chi connectivity index (χ2n) is 3.99. The van der Waals surface area contributed by atoms with Crippen LogP contribution in [0.5, 0.6) is 0 Å². The summed E-state index contributed by atoms with van der Waals surface area (Å²) in [6, 6.07) is 0. The van der Waals surface area contributed by atoms with Crippen molar-refractivity contribution in [2.45, 2.75) is 26.3 Å². The summed E-state index contributed by atoms with van der Waals surface area (Å²) < 4.78 is 9.86. The van der Waals surface area contributed by atoms with Gasteiger partial charge in [-0.3, -0.25) is 0 Å². The highest BCUT2D eigenvalue weighted by Crippen LogP contribution is 2.03. The van der Waals surface area contributed by atoms with E-state index in [1.54, 1.807) is 14.0 Å². The lowest BCUT2D eigenvalue weighted by atomic mass is 10.1. The molecule has 0 aliphatic rings. The first kappa shape index (κ1) is 14.1. The van der Waals surface area contributed by atoms with Gasteiger partial charge in [0.05, 0.1) is 13.2 Å². The molecule has 88 valence electrons. The molecular weight excluding hydrogens is 194 g/mol. The molecule has 0 rings (SSSR count). The first-order valence-electron chi connectivity index (χ1n) is 5.02. The van der Waals surface area contributed by atoms with Gasteiger partial charge in [0.15, 0.2) is 0 Å². The number of ether oxygens (including phenoxy) is 2. The van der Waals surface area contributed by atoms with Crippen LogP contribution in [0, 0.1) is 0 Å². The fraction of sp³-hybridized carbons (Fsp3) is 0.727. The van der Waals surface area contributed by atoms with Crippen LogP contribution in [0.3, 0.4) is 0 Å². The fourth-order valence-electron chi connectivity index (χ4n) is 1.06. The molecule has 15 heavy (non-hydrogen) atoms. The van der Waals surface area contributed by atoms with Crippen LogP contribution in [0.1, 0.15) is 20.8 Å². The second-order valence-corrected chi connectivity index (χ2v) is 3.99. The summed E-state index contributed by atoms with van der Waals surface area (Å²) in [7, 11) is 1.64. The molecule has 0 aliphatic carbocycles. The van der Waals surface area contributed by atoms with Crippen LogP contribution in [-0.4, -0.2) is 38.4 Å². The van der Waals surface area contributed by atoms with E-state index < -0.39 is 0 Å². The van der Waals surface area contributed by atoms with Crippen molar-refractivity contribution in [3.05, 3.63) is 12.2 Å². The molecule has 0 heterocycles. The van der Waals surface area contributed by atoms with Gasteiger partial charge in [0.25, 0.3) is 0 Å². The van der Waals surface area contributed by atoms with Crippen molar-refractivity contribution in [1.82, 2.24) is 5.32 Å². The third-order valence-corrected chi connectivity index (χ3v) is 1.85. The van der Waals surface area contributed by atoms with Gasteiger partial charge in [-0.1, -0.05) is 6.58 Å². The standard InChI is InChI=1S/C11H21NO3/c1-6-15-10(13)9(2)7-12-11(3,4)8-14-5/h12H,2,6-8H2,1,3-5H3. The summed E-state index contributed by atoms with van der Waals surface area (Å²) in [6.45, 7) is 10.8. The molecule has 0 saturated heterocycles. The quantitative estimate of drug-likeness (QED) is 0.510. The van der Waals surface area contributed by atoms with Crippen molar-refractivity contribution in [2.75, 3.05) is 26.9 Å². The molecule has 0 spiro atoms. The zero-order chi connectivity index (χ0) is 11.9. The van der Waals surface area contributed by atoms with Gasteiger partial charge in [0.2, 0.25) is 0 Å². The van der Waals surface area contributed by atoms with Gasteiger partial charge in [0, 0.05) is 24.8 Å². The molecule has 4 nitrogen and oxygen atoms in total. The van der Waals surface area contributed by atoms with Crippen LogP contribution in [0.15, 0.2) is 12.2 Å². The number of methoxy groups -OCH3 is 1. The lowest BCUT2D eigenvalue weighted by molar-refractivity contribution is -0.138. The molecule has 4 heteroatoms. The van der Waals surface area contributed by atoms with Crippen LogP contribution < -0.4 is 5.32 Å². The minimum atomic E-state index is -0.349. The maximum Gasteiger partial charge on any atom is 0.334 e. The monoisotopic (exact) mass is 215 g/mol. The highest BCUT2D eigenvalue weighted by Gasteiger charge is 2.18. The minimum absolute atomic E-state index is 0.176. The van der Waals surface area contributed by atoms with Gasteiger partial charge < -0.3 is 14.8 Å². The minimum Gasteiger partial charge on any atom is -0.463 e. The summed E-state index contributed by atoms with van der Waals surface area (Å²) in [5, 5.41) is 3.17. The number of rotatable bonds is 7. The molecule has 0 saturated carbocycles. The van der Waals surface area contributed by atoms with Gasteiger partial charge in [0.1, 0.15) is 0 Å². The third-order valence-electron chi connectivity index (χ3n) is 1.85. The van der Waals surface area contributed by atoms with Gasteiger partial charge >= 0.3 is 5.97 Å². The molecule has 0 amide bonds. The van der Waals surface area contributed by atoms with Crippen LogP contribution in [-0.2, 0) is 14.3 Å². The Balaban J connectivity index is 3.94. The van der Waals surface area contributed by atoms with Crippen molar-refractivity contribution in [3.8, 4) is 0 Å². The normalized spacial score (nSPS) is 11.2. The van der Waals surface area contributed by atoms with E-state index in [9.17, 15) is 4.79 Å². The largest absolute Gasteiger partial charge is 0.463 e. The summed E-state index contributed by atoms with van der Waals surface area (Å²) >= 11 is 0. The van der Waals surface area contributed by atoms with Gasteiger partial charge in [-0.2, -0.15) is 0 Å². The Kier molecular flexibility index (Phi) is 6.20. The fourth-order valence-corrected chi connectivity index (χ4v) is 1.06. The van der Waals surface area contributed by atoms with E-state index in [0.717, 1.165) is 0 Å². The van der Waals surface area contributed by atoms with E-state index in [1.165, 1.54) is 0 Å². The Morgan fingerprint density at radius 1 is 1.47 bits per heavy atom. The Morgan fingerprint density at radius 2 is 2.07 bits per heavy atom. The Morgan fingerprint density at radius 3 is 2.53 bits per heavy atom. The SMILES string of the molecule is C=C(CNC(C)(C)COC)C(=O)OCC. The predicted molar refractivity (Wildman–Crippen MR) is 59.7 cm³/mol. The predicted octanol–water partition coefficient (Wildman–Crippen LogP) is 1.12. The zero-order valence-corrected chi connectivity index (χ0v) is 10.1. The van der Waals surface area contributed by atoms with Crippen LogP contribution in [0.4, 0.5) is 0 Å². The summed E-state index contributed by atoms with van der Waals surface area (Å²) in [6.07, 6.45) is 0. The van der Waals surface area contributed by atoms with Crippen molar-refractivity contribution in [2.24, 2.45) is 0 Å². The molecule has 0 fully saturated rings. The molecule has 0 atom stereocenters. The molecule has 0 aliphatic heterocycles. The zero-order valence-electron chi connectivity index (χ0n) is 10.1. The summed E-state index contributed by atoms with van der Waals surface area (Å²) in [5.74, 6) is -0.349. The smallest absolute Gasteiger partial charge is 0.334 e. The highest BCUT2D eigenvalue weighted by atomic mass is 16.5. The number of carbonyl (C=O) groups is 1. The van der Waals surface area contributed by atoms with Crippen LogP contribution in [0.25, 0.3) is 0 Å². The van der Waals surface area contributed by atoms with Crippen molar-refractivity contribution >= 4 is 5.97 Å². The average Bonchev–Trinajstić information content (AvgIpc) is 2.14. The van der Waals surface area contributed by atoms with E-state index in [-0.39, 0.29) is 11.5 Å². The number of esters is 1. The number of carbonyl (C=O) groups excluding carboxylic acids is 1. The van der Waals surface area contributed by atoms with E-state index >= 15 is 0 Å². The van der Waals surface area contributed by atoms with E-state index in [0.29, 0.717) is 25.3 Å². The molecule has 0 unspecified atom stereocenters.